The first-order chi connectivity index (χ1) is 9.30. The van der Waals surface area contributed by atoms with E-state index in [0.29, 0.717) is 19.7 Å². The summed E-state index contributed by atoms with van der Waals surface area (Å²) < 4.78 is 10.7. The van der Waals surface area contributed by atoms with Crippen LogP contribution in [0.2, 0.25) is 0 Å². The molecule has 0 unspecified atom stereocenters. The van der Waals surface area contributed by atoms with Crippen molar-refractivity contribution in [2.45, 2.75) is 51.8 Å². The van der Waals surface area contributed by atoms with E-state index in [1.165, 1.54) is 0 Å². The van der Waals surface area contributed by atoms with Gasteiger partial charge in [0.25, 0.3) is 0 Å². The Morgan fingerprint density at radius 2 is 2.30 bits per heavy atom. The Morgan fingerprint density at radius 1 is 1.60 bits per heavy atom. The average molecular weight is 285 g/mol. The van der Waals surface area contributed by atoms with Gasteiger partial charge >= 0.3 is 6.09 Å². The normalized spacial score (nSPS) is 20.6. The van der Waals surface area contributed by atoms with Gasteiger partial charge in [-0.15, -0.1) is 0 Å². The smallest absolute Gasteiger partial charge is 0.407 e. The van der Waals surface area contributed by atoms with Gasteiger partial charge in [-0.05, 0) is 40.2 Å². The average Bonchev–Trinajstić information content (AvgIpc) is 2.34. The molecule has 0 saturated heterocycles. The Hall–Kier alpha value is -1.27. The number of carbonyl (C=O) groups is 1. The predicted molar refractivity (Wildman–Crippen MR) is 78.3 cm³/mol. The number of nitrogens with one attached hydrogen (secondary N) is 2. The Bertz CT molecular complexity index is 350. The van der Waals surface area contributed by atoms with Crippen LogP contribution in [0.1, 0.15) is 34.1 Å². The van der Waals surface area contributed by atoms with Crippen LogP contribution in [0.3, 0.4) is 0 Å². The zero-order chi connectivity index (χ0) is 15.2. The van der Waals surface area contributed by atoms with E-state index in [-0.39, 0.29) is 12.1 Å². The molecule has 0 aromatic rings. The topological polar surface area (TPSA) is 85.6 Å². The zero-order valence-corrected chi connectivity index (χ0v) is 12.9. The molecule has 1 amide bonds. The van der Waals surface area contributed by atoms with Crippen molar-refractivity contribution in [3.05, 3.63) is 11.8 Å². The van der Waals surface area contributed by atoms with E-state index in [1.54, 1.807) is 0 Å². The standard InChI is InChI=1S/C14H27N3O3/c1-10(17-13(18)20-14(2,3)4)8-16-11-5-6-12(7-15)19-9-11/h6,10-11,16H,5,7-9,15H2,1-4H3,(H,17,18)/t10-,11+/m0/s1. The lowest BCUT2D eigenvalue weighted by atomic mass is 10.1. The van der Waals surface area contributed by atoms with Crippen LogP contribution in [0.4, 0.5) is 4.79 Å². The number of hydrogen-bond donors (Lipinski definition) is 3. The van der Waals surface area contributed by atoms with Crippen LogP contribution >= 0.6 is 0 Å². The fourth-order valence-electron chi connectivity index (χ4n) is 1.80. The molecule has 1 aliphatic rings. The van der Waals surface area contributed by atoms with Crippen molar-refractivity contribution >= 4 is 6.09 Å². The quantitative estimate of drug-likeness (QED) is 0.705. The number of amides is 1. The summed E-state index contributed by atoms with van der Waals surface area (Å²) in [6.07, 6.45) is 2.51. The second kappa shape index (κ2) is 7.50. The van der Waals surface area contributed by atoms with Gasteiger partial charge in [-0.2, -0.15) is 0 Å². The largest absolute Gasteiger partial charge is 0.495 e. The van der Waals surface area contributed by atoms with E-state index < -0.39 is 11.7 Å². The maximum absolute atomic E-state index is 11.6. The SMILES string of the molecule is C[C@@H](CN[C@@H]1CC=C(CN)OC1)NC(=O)OC(C)(C)C. The highest BCUT2D eigenvalue weighted by Gasteiger charge is 2.19. The fraction of sp³-hybridized carbons (Fsp3) is 0.786. The molecule has 20 heavy (non-hydrogen) atoms. The molecule has 0 aromatic heterocycles. The van der Waals surface area contributed by atoms with E-state index in [0.717, 1.165) is 12.2 Å². The summed E-state index contributed by atoms with van der Waals surface area (Å²) in [6.45, 7) is 9.19. The second-order valence-electron chi connectivity index (χ2n) is 6.07. The molecule has 0 saturated carbocycles. The minimum Gasteiger partial charge on any atom is -0.495 e. The van der Waals surface area contributed by atoms with Crippen LogP contribution in [-0.2, 0) is 9.47 Å². The summed E-state index contributed by atoms with van der Waals surface area (Å²) in [5, 5.41) is 6.15. The maximum atomic E-state index is 11.6. The van der Waals surface area contributed by atoms with E-state index in [1.807, 2.05) is 33.8 Å². The Labute approximate surface area is 121 Å². The lowest BCUT2D eigenvalue weighted by molar-refractivity contribution is 0.0506. The molecule has 4 N–H and O–H groups in total. The Morgan fingerprint density at radius 3 is 2.80 bits per heavy atom. The van der Waals surface area contributed by atoms with Gasteiger partial charge in [0.15, 0.2) is 0 Å². The monoisotopic (exact) mass is 285 g/mol. The van der Waals surface area contributed by atoms with Gasteiger partial charge in [0.05, 0.1) is 6.54 Å². The van der Waals surface area contributed by atoms with Crippen molar-refractivity contribution in [2.75, 3.05) is 19.7 Å². The zero-order valence-electron chi connectivity index (χ0n) is 12.9. The van der Waals surface area contributed by atoms with E-state index in [9.17, 15) is 4.79 Å². The highest BCUT2D eigenvalue weighted by atomic mass is 16.6. The fourth-order valence-corrected chi connectivity index (χ4v) is 1.80. The van der Waals surface area contributed by atoms with Crippen molar-refractivity contribution in [1.82, 2.24) is 10.6 Å². The van der Waals surface area contributed by atoms with Crippen molar-refractivity contribution in [3.63, 3.8) is 0 Å². The third-order valence-electron chi connectivity index (χ3n) is 2.78. The molecule has 1 rings (SSSR count). The molecule has 0 aliphatic carbocycles. The number of ether oxygens (including phenoxy) is 2. The first-order valence-electron chi connectivity index (χ1n) is 7.05. The summed E-state index contributed by atoms with van der Waals surface area (Å²) >= 11 is 0. The van der Waals surface area contributed by atoms with E-state index in [2.05, 4.69) is 10.6 Å². The van der Waals surface area contributed by atoms with E-state index in [4.69, 9.17) is 15.2 Å². The Balaban J connectivity index is 2.22. The molecular weight excluding hydrogens is 258 g/mol. The number of rotatable bonds is 5. The summed E-state index contributed by atoms with van der Waals surface area (Å²) in [5.41, 5.74) is 5.03. The highest BCUT2D eigenvalue weighted by Crippen LogP contribution is 2.09. The third kappa shape index (κ3) is 6.77. The lowest BCUT2D eigenvalue weighted by Crippen LogP contribution is -2.46. The minimum absolute atomic E-state index is 0.00950. The highest BCUT2D eigenvalue weighted by molar-refractivity contribution is 5.68. The van der Waals surface area contributed by atoms with Crippen molar-refractivity contribution in [1.29, 1.82) is 0 Å². The molecule has 6 heteroatoms. The maximum Gasteiger partial charge on any atom is 0.407 e. The Kier molecular flexibility index (Phi) is 6.29. The number of carbonyl (C=O) groups excluding carboxylic acids is 1. The van der Waals surface area contributed by atoms with Crippen molar-refractivity contribution < 1.29 is 14.3 Å². The van der Waals surface area contributed by atoms with Gasteiger partial charge in [-0.1, -0.05) is 0 Å². The van der Waals surface area contributed by atoms with Gasteiger partial charge in [0, 0.05) is 18.6 Å². The van der Waals surface area contributed by atoms with Crippen molar-refractivity contribution in [2.24, 2.45) is 5.73 Å². The molecule has 1 aliphatic heterocycles. The molecule has 6 nitrogen and oxygen atoms in total. The van der Waals surface area contributed by atoms with E-state index >= 15 is 0 Å². The molecule has 0 fully saturated rings. The van der Waals surface area contributed by atoms with Crippen LogP contribution in [-0.4, -0.2) is 43.5 Å². The van der Waals surface area contributed by atoms with Crippen LogP contribution in [0.5, 0.6) is 0 Å². The molecule has 0 bridgehead atoms. The van der Waals surface area contributed by atoms with Gasteiger partial charge in [-0.3, -0.25) is 0 Å². The minimum atomic E-state index is -0.474. The molecule has 2 atom stereocenters. The summed E-state index contributed by atoms with van der Waals surface area (Å²) in [6, 6.07) is 0.248. The molecule has 0 spiro atoms. The molecular formula is C14H27N3O3. The van der Waals surface area contributed by atoms with Gasteiger partial charge in [-0.25, -0.2) is 4.79 Å². The van der Waals surface area contributed by atoms with Gasteiger partial charge in [0.2, 0.25) is 0 Å². The van der Waals surface area contributed by atoms with Crippen LogP contribution in [0.25, 0.3) is 0 Å². The van der Waals surface area contributed by atoms with Crippen molar-refractivity contribution in [3.8, 4) is 0 Å². The second-order valence-corrected chi connectivity index (χ2v) is 6.07. The summed E-state index contributed by atoms with van der Waals surface area (Å²) in [7, 11) is 0. The first kappa shape index (κ1) is 16.8. The molecule has 116 valence electrons. The summed E-state index contributed by atoms with van der Waals surface area (Å²) in [4.78, 5) is 11.6. The predicted octanol–water partition coefficient (Wildman–Crippen LogP) is 1.12. The molecule has 0 radical (unpaired) electrons. The van der Waals surface area contributed by atoms with Crippen LogP contribution < -0.4 is 16.4 Å². The summed E-state index contributed by atoms with van der Waals surface area (Å²) in [5.74, 6) is 0.850. The lowest BCUT2D eigenvalue weighted by Gasteiger charge is -2.26. The molecule has 1 heterocycles. The first-order valence-corrected chi connectivity index (χ1v) is 7.05. The number of alkyl carbamates (subject to hydrolysis) is 1. The van der Waals surface area contributed by atoms with Gasteiger partial charge in [0.1, 0.15) is 18.0 Å². The van der Waals surface area contributed by atoms with Crippen LogP contribution in [0.15, 0.2) is 11.8 Å². The van der Waals surface area contributed by atoms with Gasteiger partial charge < -0.3 is 25.8 Å². The number of nitrogens with two attached hydrogens (primary N) is 1. The van der Waals surface area contributed by atoms with Crippen LogP contribution in [0, 0.1) is 0 Å². The third-order valence-corrected chi connectivity index (χ3v) is 2.78. The molecule has 0 aromatic carbocycles. The number of hydrogen-bond acceptors (Lipinski definition) is 5.